The predicted molar refractivity (Wildman–Crippen MR) is 135 cm³/mol. The quantitative estimate of drug-likeness (QED) is 0.502. The number of piperazine rings is 1. The van der Waals surface area contributed by atoms with Crippen molar-refractivity contribution >= 4 is 11.8 Å². The maximum Gasteiger partial charge on any atom is 0.246 e. The Labute approximate surface area is 210 Å². The molecule has 7 heteroatoms. The molecule has 4 rings (SSSR count). The van der Waals surface area contributed by atoms with Crippen LogP contribution in [0, 0.1) is 18.6 Å². The van der Waals surface area contributed by atoms with Gasteiger partial charge in [0.2, 0.25) is 11.8 Å². The van der Waals surface area contributed by atoms with Crippen LogP contribution in [0.4, 0.5) is 8.78 Å². The topological polar surface area (TPSA) is 52.7 Å². The van der Waals surface area contributed by atoms with E-state index < -0.39 is 0 Å². The van der Waals surface area contributed by atoms with Crippen LogP contribution in [0.15, 0.2) is 84.9 Å². The Kier molecular flexibility index (Phi) is 8.23. The molecule has 186 valence electrons. The molecule has 1 aliphatic heterocycles. The second kappa shape index (κ2) is 11.7. The van der Waals surface area contributed by atoms with E-state index in [1.165, 1.54) is 36.4 Å². The minimum absolute atomic E-state index is 0.188. The number of rotatable bonds is 7. The molecule has 0 spiro atoms. The first-order chi connectivity index (χ1) is 17.4. The second-order valence-corrected chi connectivity index (χ2v) is 8.90. The van der Waals surface area contributed by atoms with E-state index in [4.69, 9.17) is 0 Å². The number of nitrogens with zero attached hydrogens (tertiary/aromatic N) is 2. The van der Waals surface area contributed by atoms with Crippen molar-refractivity contribution in [3.05, 3.63) is 119 Å². The Morgan fingerprint density at radius 1 is 0.806 bits per heavy atom. The summed E-state index contributed by atoms with van der Waals surface area (Å²) in [5, 5.41) is 2.78. The normalized spacial score (nSPS) is 14.4. The summed E-state index contributed by atoms with van der Waals surface area (Å²) in [5.41, 5.74) is 3.93. The van der Waals surface area contributed by atoms with Crippen molar-refractivity contribution in [1.82, 2.24) is 15.1 Å². The Bertz CT molecular complexity index is 1160. The first kappa shape index (κ1) is 25.3. The lowest BCUT2D eigenvalue weighted by molar-refractivity contribution is -0.128. The highest BCUT2D eigenvalue weighted by Gasteiger charge is 2.27. The van der Waals surface area contributed by atoms with E-state index in [2.05, 4.69) is 10.2 Å². The van der Waals surface area contributed by atoms with Gasteiger partial charge in [0.1, 0.15) is 11.6 Å². The Morgan fingerprint density at radius 2 is 1.33 bits per heavy atom. The van der Waals surface area contributed by atoms with Gasteiger partial charge in [0.25, 0.3) is 0 Å². The van der Waals surface area contributed by atoms with Gasteiger partial charge in [-0.2, -0.15) is 0 Å². The Hall–Kier alpha value is -3.84. The van der Waals surface area contributed by atoms with Gasteiger partial charge < -0.3 is 10.2 Å². The summed E-state index contributed by atoms with van der Waals surface area (Å²) in [7, 11) is 0. The molecule has 1 aliphatic rings. The summed E-state index contributed by atoms with van der Waals surface area (Å²) >= 11 is 0. The molecule has 3 aromatic rings. The lowest BCUT2D eigenvalue weighted by Crippen LogP contribution is -2.49. The van der Waals surface area contributed by atoms with Gasteiger partial charge in [0.15, 0.2) is 0 Å². The number of nitrogens with one attached hydrogen (secondary N) is 1. The van der Waals surface area contributed by atoms with Crippen LogP contribution in [0.3, 0.4) is 0 Å². The van der Waals surface area contributed by atoms with Crippen LogP contribution in [0.2, 0.25) is 0 Å². The smallest absolute Gasteiger partial charge is 0.246 e. The van der Waals surface area contributed by atoms with Crippen molar-refractivity contribution in [3.63, 3.8) is 0 Å². The number of benzene rings is 3. The summed E-state index contributed by atoms with van der Waals surface area (Å²) in [6, 6.07) is 20.3. The highest BCUT2D eigenvalue weighted by atomic mass is 19.1. The van der Waals surface area contributed by atoms with Crippen molar-refractivity contribution in [2.75, 3.05) is 26.2 Å². The average Bonchev–Trinajstić information content (AvgIpc) is 2.89. The lowest BCUT2D eigenvalue weighted by atomic mass is 9.96. The van der Waals surface area contributed by atoms with Gasteiger partial charge in [0, 0.05) is 44.9 Å². The zero-order valence-corrected chi connectivity index (χ0v) is 20.2. The number of carbonyl (C=O) groups is 2. The zero-order chi connectivity index (χ0) is 25.5. The molecule has 0 bridgehead atoms. The third-order valence-electron chi connectivity index (χ3n) is 6.33. The van der Waals surface area contributed by atoms with Crippen LogP contribution in [-0.2, 0) is 16.1 Å². The van der Waals surface area contributed by atoms with Gasteiger partial charge in [-0.05, 0) is 47.9 Å². The van der Waals surface area contributed by atoms with Gasteiger partial charge in [-0.1, -0.05) is 54.1 Å². The number of hydrogen-bond donors (Lipinski definition) is 1. The fourth-order valence-corrected chi connectivity index (χ4v) is 4.31. The molecule has 0 saturated carbocycles. The van der Waals surface area contributed by atoms with E-state index in [0.29, 0.717) is 32.7 Å². The summed E-state index contributed by atoms with van der Waals surface area (Å²) in [6.07, 6.45) is 2.57. The summed E-state index contributed by atoms with van der Waals surface area (Å²) in [5.74, 6) is -1.18. The molecule has 0 aliphatic carbocycles. The molecule has 1 saturated heterocycles. The van der Waals surface area contributed by atoms with Gasteiger partial charge in [-0.15, -0.1) is 0 Å². The zero-order valence-electron chi connectivity index (χ0n) is 20.2. The fraction of sp³-hybridized carbons (Fsp3) is 0.241. The van der Waals surface area contributed by atoms with Crippen LogP contribution in [0.5, 0.6) is 0 Å². The highest BCUT2D eigenvalue weighted by Crippen LogP contribution is 2.30. The first-order valence-corrected chi connectivity index (χ1v) is 11.9. The standard InChI is InChI=1S/C29H29F2N3O2/c1-21-2-4-22(5-3-21)20-32-27(35)14-15-28(36)33-16-18-34(19-17-33)29(23-6-10-25(30)11-7-23)24-8-12-26(31)13-9-24/h2-15,29H,16-20H2,1H3,(H,32,35)/b15-14-. The van der Waals surface area contributed by atoms with Gasteiger partial charge >= 0.3 is 0 Å². The number of aryl methyl sites for hydroxylation is 1. The minimum atomic E-state index is -0.324. The van der Waals surface area contributed by atoms with Crippen molar-refractivity contribution in [1.29, 1.82) is 0 Å². The molecule has 1 heterocycles. The van der Waals surface area contributed by atoms with E-state index in [0.717, 1.165) is 22.3 Å². The summed E-state index contributed by atoms with van der Waals surface area (Å²) in [4.78, 5) is 28.7. The molecule has 0 unspecified atom stereocenters. The number of amides is 2. The molecule has 0 radical (unpaired) electrons. The molecule has 5 nitrogen and oxygen atoms in total. The first-order valence-electron chi connectivity index (χ1n) is 11.9. The van der Waals surface area contributed by atoms with Gasteiger partial charge in [-0.25, -0.2) is 8.78 Å². The van der Waals surface area contributed by atoms with E-state index >= 15 is 0 Å². The molecule has 0 aromatic heterocycles. The van der Waals surface area contributed by atoms with Crippen molar-refractivity contribution in [2.24, 2.45) is 0 Å². The van der Waals surface area contributed by atoms with Crippen LogP contribution in [0.25, 0.3) is 0 Å². The van der Waals surface area contributed by atoms with Crippen molar-refractivity contribution in [2.45, 2.75) is 19.5 Å². The van der Waals surface area contributed by atoms with Gasteiger partial charge in [-0.3, -0.25) is 14.5 Å². The SMILES string of the molecule is Cc1ccc(CNC(=O)/C=C\C(=O)N2CCN(C(c3ccc(F)cc3)c3ccc(F)cc3)CC2)cc1. The fourth-order valence-electron chi connectivity index (χ4n) is 4.31. The van der Waals surface area contributed by atoms with E-state index in [9.17, 15) is 18.4 Å². The largest absolute Gasteiger partial charge is 0.348 e. The van der Waals surface area contributed by atoms with Gasteiger partial charge in [0.05, 0.1) is 6.04 Å². The number of hydrogen-bond acceptors (Lipinski definition) is 3. The number of carbonyl (C=O) groups excluding carboxylic acids is 2. The third-order valence-corrected chi connectivity index (χ3v) is 6.33. The molecular formula is C29H29F2N3O2. The van der Waals surface area contributed by atoms with Crippen LogP contribution in [-0.4, -0.2) is 47.8 Å². The lowest BCUT2D eigenvalue weighted by Gasteiger charge is -2.39. The molecule has 36 heavy (non-hydrogen) atoms. The predicted octanol–water partition coefficient (Wildman–Crippen LogP) is 4.38. The average molecular weight is 490 g/mol. The maximum absolute atomic E-state index is 13.5. The Balaban J connectivity index is 1.34. The van der Waals surface area contributed by atoms with E-state index in [-0.39, 0.29) is 29.5 Å². The van der Waals surface area contributed by atoms with Crippen molar-refractivity contribution < 1.29 is 18.4 Å². The molecule has 1 N–H and O–H groups in total. The highest BCUT2D eigenvalue weighted by molar-refractivity contribution is 5.96. The van der Waals surface area contributed by atoms with Crippen LogP contribution >= 0.6 is 0 Å². The van der Waals surface area contributed by atoms with E-state index in [1.807, 2.05) is 31.2 Å². The third kappa shape index (κ3) is 6.64. The van der Waals surface area contributed by atoms with Crippen molar-refractivity contribution in [3.8, 4) is 0 Å². The monoisotopic (exact) mass is 489 g/mol. The molecule has 3 aromatic carbocycles. The minimum Gasteiger partial charge on any atom is -0.348 e. The summed E-state index contributed by atoms with van der Waals surface area (Å²) < 4.78 is 27.0. The van der Waals surface area contributed by atoms with Crippen LogP contribution < -0.4 is 5.32 Å². The van der Waals surface area contributed by atoms with E-state index in [1.54, 1.807) is 29.2 Å². The maximum atomic E-state index is 13.5. The van der Waals surface area contributed by atoms with Crippen LogP contribution in [0.1, 0.15) is 28.3 Å². The Morgan fingerprint density at radius 3 is 1.86 bits per heavy atom. The molecule has 0 atom stereocenters. The number of halogens is 2. The molecule has 2 amide bonds. The second-order valence-electron chi connectivity index (χ2n) is 8.90. The molecule has 1 fully saturated rings. The summed E-state index contributed by atoms with van der Waals surface area (Å²) in [6.45, 7) is 4.52. The molecular weight excluding hydrogens is 460 g/mol.